The fourth-order valence-electron chi connectivity index (χ4n) is 2.75. The maximum Gasteiger partial charge on any atom is 0.416 e. The summed E-state index contributed by atoms with van der Waals surface area (Å²) in [6.45, 7) is 4.19. The van der Waals surface area contributed by atoms with Crippen LogP contribution in [0.2, 0.25) is 5.02 Å². The number of carbonyl (C=O) groups excluding carboxylic acids is 1. The molecule has 1 amide bonds. The van der Waals surface area contributed by atoms with Crippen molar-refractivity contribution in [3.63, 3.8) is 0 Å². The van der Waals surface area contributed by atoms with E-state index in [9.17, 15) is 18.0 Å². The van der Waals surface area contributed by atoms with Gasteiger partial charge in [0, 0.05) is 5.02 Å². The number of aliphatic imine (C=N–C) groups is 1. The molecular weight excluding hydrogens is 409 g/mol. The lowest BCUT2D eigenvalue weighted by Gasteiger charge is -2.12. The summed E-state index contributed by atoms with van der Waals surface area (Å²) < 4.78 is 38.8. The molecule has 148 valence electrons. The highest BCUT2D eigenvalue weighted by molar-refractivity contribution is 8.15. The maximum absolute atomic E-state index is 12.9. The summed E-state index contributed by atoms with van der Waals surface area (Å²) in [5.74, 6) is 0.111. The number of alkyl halides is 3. The zero-order valence-corrected chi connectivity index (χ0v) is 16.8. The van der Waals surface area contributed by atoms with Crippen molar-refractivity contribution < 1.29 is 18.0 Å². The predicted molar refractivity (Wildman–Crippen MR) is 107 cm³/mol. The van der Waals surface area contributed by atoms with E-state index in [1.165, 1.54) is 23.4 Å². The summed E-state index contributed by atoms with van der Waals surface area (Å²) in [5, 5.41) is 2.73. The molecule has 1 aliphatic heterocycles. The Kier molecular flexibility index (Phi) is 6.05. The monoisotopic (exact) mass is 426 g/mol. The third-order valence-electron chi connectivity index (χ3n) is 4.35. The number of hydrogen-bond donors (Lipinski definition) is 1. The van der Waals surface area contributed by atoms with Gasteiger partial charge < -0.3 is 5.32 Å². The molecule has 0 aliphatic carbocycles. The van der Waals surface area contributed by atoms with Crippen molar-refractivity contribution in [3.05, 3.63) is 64.2 Å². The van der Waals surface area contributed by atoms with E-state index >= 15 is 0 Å². The third-order valence-corrected chi connectivity index (χ3v) is 5.80. The molecule has 0 radical (unpaired) electrons. The molecule has 0 bridgehead atoms. The summed E-state index contributed by atoms with van der Waals surface area (Å²) in [6.07, 6.45) is -4.37. The Balaban J connectivity index is 1.75. The number of nitrogens with zero attached hydrogens (tertiary/aromatic N) is 1. The lowest BCUT2D eigenvalue weighted by molar-refractivity contribution is -0.137. The van der Waals surface area contributed by atoms with Crippen molar-refractivity contribution in [1.29, 1.82) is 0 Å². The van der Waals surface area contributed by atoms with E-state index in [2.05, 4.69) is 24.2 Å². The Morgan fingerprint density at radius 1 is 1.18 bits per heavy atom. The van der Waals surface area contributed by atoms with Crippen LogP contribution in [0.1, 0.15) is 36.5 Å². The van der Waals surface area contributed by atoms with Crippen LogP contribution in [0, 0.1) is 0 Å². The number of nitrogens with one attached hydrogen (secondary N) is 1. The van der Waals surface area contributed by atoms with Gasteiger partial charge in [-0.2, -0.15) is 13.2 Å². The second-order valence-electron chi connectivity index (χ2n) is 6.77. The Bertz CT molecular complexity index is 911. The van der Waals surface area contributed by atoms with Gasteiger partial charge in [-0.1, -0.05) is 49.3 Å². The van der Waals surface area contributed by atoms with Crippen molar-refractivity contribution in [3.8, 4) is 0 Å². The summed E-state index contributed by atoms with van der Waals surface area (Å²) in [6, 6.07) is 10.8. The van der Waals surface area contributed by atoms with Gasteiger partial charge in [0.2, 0.25) is 5.91 Å². The second kappa shape index (κ2) is 8.17. The summed E-state index contributed by atoms with van der Waals surface area (Å²) >= 11 is 7.23. The van der Waals surface area contributed by atoms with Gasteiger partial charge in [0.25, 0.3) is 0 Å². The first-order valence-corrected chi connectivity index (χ1v) is 9.91. The van der Waals surface area contributed by atoms with Crippen LogP contribution in [0.15, 0.2) is 47.5 Å². The van der Waals surface area contributed by atoms with E-state index in [1.807, 2.05) is 24.3 Å². The van der Waals surface area contributed by atoms with Crippen molar-refractivity contribution in [2.75, 3.05) is 0 Å². The fourth-order valence-corrected chi connectivity index (χ4v) is 3.96. The van der Waals surface area contributed by atoms with E-state index in [4.69, 9.17) is 11.6 Å². The van der Waals surface area contributed by atoms with Crippen LogP contribution in [0.5, 0.6) is 0 Å². The SMILES string of the molecule is CC(C)c1ccc(N=C2NC(=O)C(Cc3cc(C(F)(F)F)ccc3Cl)S2)cc1. The van der Waals surface area contributed by atoms with Crippen LogP contribution in [-0.4, -0.2) is 16.3 Å². The smallest absolute Gasteiger partial charge is 0.304 e. The molecule has 28 heavy (non-hydrogen) atoms. The highest BCUT2D eigenvalue weighted by Crippen LogP contribution is 2.34. The first-order chi connectivity index (χ1) is 13.1. The van der Waals surface area contributed by atoms with Crippen LogP contribution in [-0.2, 0) is 17.4 Å². The number of thioether (sulfide) groups is 1. The highest BCUT2D eigenvalue weighted by Gasteiger charge is 2.34. The number of halogens is 4. The normalized spacial score (nSPS) is 18.8. The maximum atomic E-state index is 12.9. The van der Waals surface area contributed by atoms with Gasteiger partial charge in [-0.25, -0.2) is 4.99 Å². The molecule has 0 spiro atoms. The number of hydrogen-bond acceptors (Lipinski definition) is 3. The Morgan fingerprint density at radius 3 is 2.46 bits per heavy atom. The average Bonchev–Trinajstić information content (AvgIpc) is 2.95. The molecule has 1 unspecified atom stereocenters. The van der Waals surface area contributed by atoms with E-state index in [-0.39, 0.29) is 22.9 Å². The Morgan fingerprint density at radius 2 is 1.86 bits per heavy atom. The molecule has 3 nitrogen and oxygen atoms in total. The Labute approximate surface area is 170 Å². The van der Waals surface area contributed by atoms with Crippen LogP contribution >= 0.6 is 23.4 Å². The van der Waals surface area contributed by atoms with E-state index in [1.54, 1.807) is 0 Å². The molecule has 1 fully saturated rings. The molecular formula is C20H18ClF3N2OS. The molecule has 1 N–H and O–H groups in total. The molecule has 3 rings (SSSR count). The van der Waals surface area contributed by atoms with E-state index in [0.717, 1.165) is 12.1 Å². The third kappa shape index (κ3) is 4.89. The average molecular weight is 427 g/mol. The zero-order valence-electron chi connectivity index (χ0n) is 15.2. The van der Waals surface area contributed by atoms with Crippen molar-refractivity contribution >= 4 is 40.1 Å². The van der Waals surface area contributed by atoms with Crippen LogP contribution in [0.25, 0.3) is 0 Å². The summed E-state index contributed by atoms with van der Waals surface area (Å²) in [4.78, 5) is 16.7. The highest BCUT2D eigenvalue weighted by atomic mass is 35.5. The topological polar surface area (TPSA) is 41.5 Å². The standard InChI is InChI=1S/C20H18ClF3N2OS/c1-11(2)12-3-6-15(7-4-12)25-19-26-18(27)17(28-19)10-13-9-14(20(22,23)24)5-8-16(13)21/h3-9,11,17H,10H2,1-2H3,(H,25,26,27). The van der Waals surface area contributed by atoms with Gasteiger partial charge in [0.05, 0.1) is 16.5 Å². The fraction of sp³-hybridized carbons (Fsp3) is 0.300. The number of amidine groups is 1. The van der Waals surface area contributed by atoms with Gasteiger partial charge >= 0.3 is 6.18 Å². The number of amides is 1. The van der Waals surface area contributed by atoms with Gasteiger partial charge in [-0.15, -0.1) is 0 Å². The largest absolute Gasteiger partial charge is 0.416 e. The van der Waals surface area contributed by atoms with Gasteiger partial charge in [-0.05, 0) is 53.8 Å². The molecule has 8 heteroatoms. The molecule has 2 aromatic rings. The predicted octanol–water partition coefficient (Wildman–Crippen LogP) is 5.94. The first kappa shape index (κ1) is 20.7. The number of benzene rings is 2. The van der Waals surface area contributed by atoms with Gasteiger partial charge in [0.1, 0.15) is 0 Å². The molecule has 0 saturated carbocycles. The molecule has 1 atom stereocenters. The molecule has 1 saturated heterocycles. The minimum absolute atomic E-state index is 0.0879. The van der Waals surface area contributed by atoms with Gasteiger partial charge in [-0.3, -0.25) is 4.79 Å². The molecule has 1 heterocycles. The molecule has 1 aliphatic rings. The van der Waals surface area contributed by atoms with E-state index in [0.29, 0.717) is 16.8 Å². The quantitative estimate of drug-likeness (QED) is 0.656. The van der Waals surface area contributed by atoms with E-state index < -0.39 is 17.0 Å². The van der Waals surface area contributed by atoms with Crippen LogP contribution in [0.4, 0.5) is 18.9 Å². The minimum atomic E-state index is -4.46. The summed E-state index contributed by atoms with van der Waals surface area (Å²) in [7, 11) is 0. The first-order valence-electron chi connectivity index (χ1n) is 8.65. The number of carbonyl (C=O) groups is 1. The lowest BCUT2D eigenvalue weighted by atomic mass is 10.0. The van der Waals surface area contributed by atoms with Crippen LogP contribution in [0.3, 0.4) is 0 Å². The summed E-state index contributed by atoms with van der Waals surface area (Å²) in [5.41, 5.74) is 1.38. The van der Waals surface area contributed by atoms with Gasteiger partial charge in [0.15, 0.2) is 5.17 Å². The van der Waals surface area contributed by atoms with Crippen molar-refractivity contribution in [1.82, 2.24) is 5.32 Å². The molecule has 0 aromatic heterocycles. The lowest BCUT2D eigenvalue weighted by Crippen LogP contribution is -2.26. The Hall–Kier alpha value is -1.99. The van der Waals surface area contributed by atoms with Crippen molar-refractivity contribution in [2.45, 2.75) is 37.6 Å². The number of rotatable bonds is 4. The zero-order chi connectivity index (χ0) is 20.5. The minimum Gasteiger partial charge on any atom is -0.304 e. The molecule has 2 aromatic carbocycles. The van der Waals surface area contributed by atoms with Crippen molar-refractivity contribution in [2.24, 2.45) is 4.99 Å². The van der Waals surface area contributed by atoms with Crippen LogP contribution < -0.4 is 5.32 Å². The second-order valence-corrected chi connectivity index (χ2v) is 8.37.